The first-order chi connectivity index (χ1) is 14.3. The van der Waals surface area contributed by atoms with Crippen molar-refractivity contribution in [2.45, 2.75) is 32.3 Å². The largest absolute Gasteiger partial charge is 0.493 e. The third-order valence-electron chi connectivity index (χ3n) is 4.72. The Bertz CT molecular complexity index is 1090. The molecule has 0 saturated carbocycles. The molecule has 0 aliphatic carbocycles. The summed E-state index contributed by atoms with van der Waals surface area (Å²) in [5, 5.41) is 8.88. The van der Waals surface area contributed by atoms with Crippen LogP contribution in [0.25, 0.3) is 11.5 Å². The van der Waals surface area contributed by atoms with Crippen molar-refractivity contribution in [3.05, 3.63) is 65.0 Å². The summed E-state index contributed by atoms with van der Waals surface area (Å²) in [6.07, 6.45) is -3.22. The first-order valence-electron chi connectivity index (χ1n) is 9.39. The average Bonchev–Trinajstić information content (AvgIpc) is 3.18. The summed E-state index contributed by atoms with van der Waals surface area (Å²) in [5.74, 6) is 0.748. The Morgan fingerprint density at radius 1 is 1.27 bits per heavy atom. The quantitative estimate of drug-likeness (QED) is 0.615. The fourth-order valence-electron chi connectivity index (χ4n) is 3.32. The van der Waals surface area contributed by atoms with Crippen LogP contribution in [0.2, 0.25) is 0 Å². The molecule has 0 atom stereocenters. The molecular formula is C22H19F2NO5. The molecule has 1 aliphatic rings. The smallest absolute Gasteiger partial charge is 0.402 e. The van der Waals surface area contributed by atoms with E-state index in [-0.39, 0.29) is 12.2 Å². The monoisotopic (exact) mass is 415 g/mol. The van der Waals surface area contributed by atoms with E-state index in [0.717, 1.165) is 0 Å². The molecule has 8 heteroatoms. The van der Waals surface area contributed by atoms with Gasteiger partial charge in [0.25, 0.3) is 0 Å². The predicted octanol–water partition coefficient (Wildman–Crippen LogP) is 4.43. The molecule has 3 aromatic rings. The summed E-state index contributed by atoms with van der Waals surface area (Å²) < 4.78 is 42.9. The number of carboxylic acid groups (broad SMARTS) is 1. The van der Waals surface area contributed by atoms with Gasteiger partial charge < -0.3 is 19.0 Å². The number of rotatable bonds is 7. The van der Waals surface area contributed by atoms with Crippen molar-refractivity contribution in [2.24, 2.45) is 0 Å². The number of alkyl halides is 2. The SMILES string of the molecule is Cc1oc(-c2ccc3c(c2)OC(F)(F)C3)nc1CCOc1cccc(CC(=O)O)c1. The summed E-state index contributed by atoms with van der Waals surface area (Å²) in [7, 11) is 0. The van der Waals surface area contributed by atoms with Gasteiger partial charge in [-0.2, -0.15) is 8.78 Å². The molecule has 30 heavy (non-hydrogen) atoms. The molecule has 2 heterocycles. The Morgan fingerprint density at radius 2 is 2.10 bits per heavy atom. The molecule has 0 bridgehead atoms. The lowest BCUT2D eigenvalue weighted by Crippen LogP contribution is -2.20. The van der Waals surface area contributed by atoms with Gasteiger partial charge in [0.1, 0.15) is 17.3 Å². The topological polar surface area (TPSA) is 81.8 Å². The maximum Gasteiger partial charge on any atom is 0.402 e. The second-order valence-corrected chi connectivity index (χ2v) is 7.08. The van der Waals surface area contributed by atoms with E-state index in [4.69, 9.17) is 14.3 Å². The number of fused-ring (bicyclic) bond motifs is 1. The Hall–Kier alpha value is -3.42. The molecule has 0 unspecified atom stereocenters. The molecule has 0 fully saturated rings. The van der Waals surface area contributed by atoms with Gasteiger partial charge in [-0.3, -0.25) is 4.79 Å². The lowest BCUT2D eigenvalue weighted by atomic mass is 10.1. The number of halogens is 2. The number of benzene rings is 2. The summed E-state index contributed by atoms with van der Waals surface area (Å²) >= 11 is 0. The van der Waals surface area contributed by atoms with E-state index in [1.807, 2.05) is 0 Å². The summed E-state index contributed by atoms with van der Waals surface area (Å²) in [6, 6.07) is 11.7. The van der Waals surface area contributed by atoms with Crippen LogP contribution >= 0.6 is 0 Å². The number of carbonyl (C=O) groups is 1. The van der Waals surface area contributed by atoms with Gasteiger partial charge in [0.2, 0.25) is 5.89 Å². The van der Waals surface area contributed by atoms with E-state index in [0.29, 0.717) is 52.8 Å². The van der Waals surface area contributed by atoms with Crippen LogP contribution in [0.4, 0.5) is 8.78 Å². The zero-order chi connectivity index (χ0) is 21.3. The van der Waals surface area contributed by atoms with Gasteiger partial charge in [0.05, 0.1) is 25.1 Å². The molecule has 4 rings (SSSR count). The van der Waals surface area contributed by atoms with Gasteiger partial charge in [0, 0.05) is 17.5 Å². The number of hydrogen-bond acceptors (Lipinski definition) is 5. The first-order valence-corrected chi connectivity index (χ1v) is 9.39. The Balaban J connectivity index is 1.41. The van der Waals surface area contributed by atoms with E-state index in [2.05, 4.69) is 9.72 Å². The Labute approximate surface area is 171 Å². The van der Waals surface area contributed by atoms with Gasteiger partial charge in [0.15, 0.2) is 0 Å². The highest BCUT2D eigenvalue weighted by atomic mass is 19.3. The molecular weight excluding hydrogens is 396 g/mol. The summed E-state index contributed by atoms with van der Waals surface area (Å²) in [4.78, 5) is 15.3. The molecule has 0 amide bonds. The van der Waals surface area contributed by atoms with Crippen LogP contribution in [-0.2, 0) is 24.1 Å². The molecule has 1 aliphatic heterocycles. The third-order valence-corrected chi connectivity index (χ3v) is 4.72. The number of carboxylic acids is 1. The number of oxazole rings is 1. The van der Waals surface area contributed by atoms with Crippen molar-refractivity contribution < 1.29 is 32.6 Å². The molecule has 0 radical (unpaired) electrons. The third kappa shape index (κ3) is 4.42. The molecule has 1 N–H and O–H groups in total. The van der Waals surface area contributed by atoms with Crippen molar-refractivity contribution >= 4 is 5.97 Å². The highest BCUT2D eigenvalue weighted by Gasteiger charge is 2.39. The van der Waals surface area contributed by atoms with Gasteiger partial charge in [-0.1, -0.05) is 18.2 Å². The molecule has 6 nitrogen and oxygen atoms in total. The number of hydrogen-bond donors (Lipinski definition) is 1. The first kappa shape index (κ1) is 19.9. The number of nitrogens with zero attached hydrogens (tertiary/aromatic N) is 1. The van der Waals surface area contributed by atoms with Crippen molar-refractivity contribution in [1.29, 1.82) is 0 Å². The van der Waals surface area contributed by atoms with Crippen LogP contribution in [0.3, 0.4) is 0 Å². The summed E-state index contributed by atoms with van der Waals surface area (Å²) in [6.45, 7) is 2.10. The zero-order valence-corrected chi connectivity index (χ0v) is 16.2. The lowest BCUT2D eigenvalue weighted by Gasteiger charge is -2.07. The number of aliphatic carboxylic acids is 1. The number of aromatic nitrogens is 1. The minimum absolute atomic E-state index is 0.0701. The van der Waals surface area contributed by atoms with Gasteiger partial charge in [-0.15, -0.1) is 0 Å². The fourth-order valence-corrected chi connectivity index (χ4v) is 3.32. The molecule has 2 aromatic carbocycles. The summed E-state index contributed by atoms with van der Waals surface area (Å²) in [5.41, 5.74) is 2.36. The van der Waals surface area contributed by atoms with Crippen LogP contribution < -0.4 is 9.47 Å². The second-order valence-electron chi connectivity index (χ2n) is 7.08. The molecule has 0 saturated heterocycles. The van der Waals surface area contributed by atoms with Gasteiger partial charge >= 0.3 is 12.1 Å². The van der Waals surface area contributed by atoms with Gasteiger partial charge in [-0.25, -0.2) is 4.98 Å². The van der Waals surface area contributed by atoms with Crippen LogP contribution in [0, 0.1) is 6.92 Å². The molecule has 0 spiro atoms. The maximum atomic E-state index is 13.4. The lowest BCUT2D eigenvalue weighted by molar-refractivity contribution is -0.159. The van der Waals surface area contributed by atoms with Crippen molar-refractivity contribution in [1.82, 2.24) is 4.98 Å². The minimum atomic E-state index is -3.18. The van der Waals surface area contributed by atoms with E-state index in [1.54, 1.807) is 43.3 Å². The van der Waals surface area contributed by atoms with Crippen molar-refractivity contribution in [3.63, 3.8) is 0 Å². The molecule has 156 valence electrons. The minimum Gasteiger partial charge on any atom is -0.493 e. The fraction of sp³-hybridized carbons (Fsp3) is 0.273. The average molecular weight is 415 g/mol. The number of aryl methyl sites for hydroxylation is 1. The van der Waals surface area contributed by atoms with Crippen LogP contribution in [0.5, 0.6) is 11.5 Å². The standard InChI is InChI=1S/C22H19F2NO5/c1-13-18(7-8-28-17-4-2-3-14(9-17)10-20(26)27)25-21(29-13)15-5-6-16-12-22(23,24)30-19(16)11-15/h2-6,9,11H,7-8,10,12H2,1H3,(H,26,27). The highest BCUT2D eigenvalue weighted by molar-refractivity contribution is 5.70. The maximum absolute atomic E-state index is 13.4. The van der Waals surface area contributed by atoms with Crippen molar-refractivity contribution in [3.8, 4) is 23.0 Å². The van der Waals surface area contributed by atoms with E-state index >= 15 is 0 Å². The molecule has 1 aromatic heterocycles. The van der Waals surface area contributed by atoms with Crippen molar-refractivity contribution in [2.75, 3.05) is 6.61 Å². The number of ether oxygens (including phenoxy) is 2. The highest BCUT2D eigenvalue weighted by Crippen LogP contribution is 2.39. The van der Waals surface area contributed by atoms with E-state index in [9.17, 15) is 13.6 Å². The van der Waals surface area contributed by atoms with Crippen LogP contribution in [-0.4, -0.2) is 28.8 Å². The second kappa shape index (κ2) is 7.78. The Kier molecular flexibility index (Phi) is 5.15. The normalized spacial score (nSPS) is 14.2. The van der Waals surface area contributed by atoms with E-state index in [1.165, 1.54) is 6.07 Å². The van der Waals surface area contributed by atoms with Crippen LogP contribution in [0.1, 0.15) is 22.6 Å². The zero-order valence-electron chi connectivity index (χ0n) is 16.2. The van der Waals surface area contributed by atoms with Gasteiger partial charge in [-0.05, 0) is 36.8 Å². The van der Waals surface area contributed by atoms with E-state index < -0.39 is 18.5 Å². The van der Waals surface area contributed by atoms with Crippen LogP contribution in [0.15, 0.2) is 46.9 Å². The Morgan fingerprint density at radius 3 is 2.90 bits per heavy atom. The predicted molar refractivity (Wildman–Crippen MR) is 103 cm³/mol.